The Labute approximate surface area is 145 Å². The number of anilines is 1. The van der Waals surface area contributed by atoms with Crippen molar-refractivity contribution in [2.45, 2.75) is 6.42 Å². The second kappa shape index (κ2) is 4.53. The minimum atomic E-state index is -0.500. The van der Waals surface area contributed by atoms with Crippen LogP contribution in [0.5, 0.6) is 0 Å². The van der Waals surface area contributed by atoms with Gasteiger partial charge in [0.15, 0.2) is 0 Å². The van der Waals surface area contributed by atoms with Crippen LogP contribution in [-0.4, -0.2) is 16.7 Å². The molecule has 24 heavy (non-hydrogen) atoms. The van der Waals surface area contributed by atoms with Gasteiger partial charge in [-0.3, -0.25) is 19.7 Å². The number of carbonyl (C=O) groups excluding carboxylic acids is 2. The van der Waals surface area contributed by atoms with Crippen molar-refractivity contribution in [2.24, 2.45) is 35.5 Å². The molecule has 0 unspecified atom stereocenters. The molecule has 6 rings (SSSR count). The SMILES string of the molecule is O=C1[C@@H]2[C@H]3C=C[C@@H]([C@@H]4C[C@H]34)[C@H]2C(=O)N1c1ccc([N+](=O)[O-])cc1Br. The normalized spacial score (nSPS) is 38.3. The quantitative estimate of drug-likeness (QED) is 0.337. The molecule has 3 fully saturated rings. The van der Waals surface area contributed by atoms with Gasteiger partial charge in [0.25, 0.3) is 5.69 Å². The molecule has 2 saturated carbocycles. The van der Waals surface area contributed by atoms with Gasteiger partial charge in [-0.1, -0.05) is 12.2 Å². The summed E-state index contributed by atoms with van der Waals surface area (Å²) in [4.78, 5) is 37.6. The number of halogens is 1. The number of amides is 2. The van der Waals surface area contributed by atoms with Crippen LogP contribution in [0.2, 0.25) is 0 Å². The molecule has 0 radical (unpaired) electrons. The number of allylic oxidation sites excluding steroid dienone is 2. The first-order valence-corrected chi connectivity index (χ1v) is 8.78. The average molecular weight is 389 g/mol. The minimum Gasteiger partial charge on any atom is -0.274 e. The monoisotopic (exact) mass is 388 g/mol. The first kappa shape index (κ1) is 14.3. The zero-order valence-corrected chi connectivity index (χ0v) is 14.0. The zero-order chi connectivity index (χ0) is 16.7. The molecule has 7 heteroatoms. The van der Waals surface area contributed by atoms with Crippen molar-refractivity contribution in [3.63, 3.8) is 0 Å². The first-order valence-electron chi connectivity index (χ1n) is 7.99. The third-order valence-electron chi connectivity index (χ3n) is 6.05. The number of nitro groups is 1. The molecule has 122 valence electrons. The maximum atomic E-state index is 13.0. The van der Waals surface area contributed by atoms with Crippen molar-refractivity contribution in [2.75, 3.05) is 4.90 Å². The van der Waals surface area contributed by atoms with Gasteiger partial charge in [-0.15, -0.1) is 0 Å². The lowest BCUT2D eigenvalue weighted by molar-refractivity contribution is -0.384. The molecule has 5 aliphatic rings. The maximum Gasteiger partial charge on any atom is 0.270 e. The molecule has 0 spiro atoms. The Kier molecular flexibility index (Phi) is 2.71. The smallest absolute Gasteiger partial charge is 0.270 e. The van der Waals surface area contributed by atoms with E-state index in [0.29, 0.717) is 22.0 Å². The Balaban J connectivity index is 1.56. The van der Waals surface area contributed by atoms with Crippen LogP contribution in [0.15, 0.2) is 34.8 Å². The molecule has 1 aromatic carbocycles. The lowest BCUT2D eigenvalue weighted by Crippen LogP contribution is -2.40. The van der Waals surface area contributed by atoms with Crippen molar-refractivity contribution in [1.82, 2.24) is 0 Å². The van der Waals surface area contributed by atoms with E-state index >= 15 is 0 Å². The number of non-ortho nitro benzene ring substituents is 1. The predicted molar refractivity (Wildman–Crippen MR) is 88.0 cm³/mol. The topological polar surface area (TPSA) is 80.5 Å². The summed E-state index contributed by atoms with van der Waals surface area (Å²) < 4.78 is 0.391. The third kappa shape index (κ3) is 1.65. The van der Waals surface area contributed by atoms with Crippen LogP contribution in [0.1, 0.15) is 6.42 Å². The number of imide groups is 1. The van der Waals surface area contributed by atoms with Gasteiger partial charge in [-0.05, 0) is 52.1 Å². The first-order chi connectivity index (χ1) is 11.5. The predicted octanol–water partition coefficient (Wildman–Crippen LogP) is 2.91. The highest BCUT2D eigenvalue weighted by molar-refractivity contribution is 9.10. The van der Waals surface area contributed by atoms with Gasteiger partial charge in [-0.2, -0.15) is 0 Å². The van der Waals surface area contributed by atoms with E-state index < -0.39 is 4.92 Å². The molecule has 2 bridgehead atoms. The van der Waals surface area contributed by atoms with Crippen LogP contribution in [0.3, 0.4) is 0 Å². The van der Waals surface area contributed by atoms with Gasteiger partial charge in [-0.25, -0.2) is 4.90 Å². The summed E-state index contributed by atoms with van der Waals surface area (Å²) in [5.41, 5.74) is 0.322. The number of hydrogen-bond acceptors (Lipinski definition) is 4. The van der Waals surface area contributed by atoms with E-state index in [-0.39, 0.29) is 41.2 Å². The molecule has 0 aromatic heterocycles. The maximum absolute atomic E-state index is 13.0. The van der Waals surface area contributed by atoms with Crippen LogP contribution in [0.25, 0.3) is 0 Å². The Morgan fingerprint density at radius 1 is 1.08 bits per heavy atom. The van der Waals surface area contributed by atoms with Crippen LogP contribution in [0.4, 0.5) is 11.4 Å². The van der Waals surface area contributed by atoms with Gasteiger partial charge >= 0.3 is 0 Å². The molecular formula is C17H13BrN2O4. The fourth-order valence-corrected chi connectivity index (χ4v) is 5.53. The van der Waals surface area contributed by atoms with E-state index in [9.17, 15) is 19.7 Å². The van der Waals surface area contributed by atoms with Crippen LogP contribution in [-0.2, 0) is 9.59 Å². The number of hydrogen-bond donors (Lipinski definition) is 0. The van der Waals surface area contributed by atoms with Crippen LogP contribution < -0.4 is 4.90 Å². The highest BCUT2D eigenvalue weighted by Gasteiger charge is 2.67. The fourth-order valence-electron chi connectivity index (χ4n) is 4.99. The number of carbonyl (C=O) groups is 2. The molecule has 4 aliphatic carbocycles. The van der Waals surface area contributed by atoms with E-state index in [0.717, 1.165) is 6.42 Å². The molecule has 2 amide bonds. The second-order valence-electron chi connectivity index (χ2n) is 7.06. The summed E-state index contributed by atoms with van der Waals surface area (Å²) in [6.45, 7) is 0. The van der Waals surface area contributed by atoms with Gasteiger partial charge in [0, 0.05) is 16.6 Å². The molecular weight excluding hydrogens is 376 g/mol. The lowest BCUT2D eigenvalue weighted by atomic mass is 9.63. The summed E-state index contributed by atoms with van der Waals surface area (Å²) >= 11 is 3.28. The lowest BCUT2D eigenvalue weighted by Gasteiger charge is -2.37. The van der Waals surface area contributed by atoms with E-state index in [1.54, 1.807) is 0 Å². The van der Waals surface area contributed by atoms with E-state index in [2.05, 4.69) is 28.1 Å². The number of nitrogens with zero attached hydrogens (tertiary/aromatic N) is 2. The summed E-state index contributed by atoms with van der Waals surface area (Å²) in [7, 11) is 0. The summed E-state index contributed by atoms with van der Waals surface area (Å²) in [5, 5.41) is 10.9. The Hall–Kier alpha value is -2.02. The van der Waals surface area contributed by atoms with Crippen molar-refractivity contribution in [1.29, 1.82) is 0 Å². The Morgan fingerprint density at radius 2 is 1.67 bits per heavy atom. The van der Waals surface area contributed by atoms with Crippen molar-refractivity contribution < 1.29 is 14.5 Å². The summed E-state index contributed by atoms with van der Waals surface area (Å²) in [6.07, 6.45) is 5.37. The van der Waals surface area contributed by atoms with Crippen LogP contribution >= 0.6 is 15.9 Å². The average Bonchev–Trinajstić information content (AvgIpc) is 3.33. The van der Waals surface area contributed by atoms with Gasteiger partial charge in [0.1, 0.15) is 0 Å². The van der Waals surface area contributed by atoms with Gasteiger partial charge < -0.3 is 0 Å². The van der Waals surface area contributed by atoms with E-state index in [1.807, 2.05) is 0 Å². The van der Waals surface area contributed by atoms with Crippen molar-refractivity contribution in [3.8, 4) is 0 Å². The molecule has 1 aromatic rings. The fraction of sp³-hybridized carbons (Fsp3) is 0.412. The van der Waals surface area contributed by atoms with Crippen molar-refractivity contribution >= 4 is 39.1 Å². The Bertz CT molecular complexity index is 815. The third-order valence-corrected chi connectivity index (χ3v) is 6.68. The minimum absolute atomic E-state index is 0.0786. The molecule has 1 heterocycles. The summed E-state index contributed by atoms with van der Waals surface area (Å²) in [6, 6.07) is 4.14. The highest BCUT2D eigenvalue weighted by Crippen LogP contribution is 2.65. The number of nitro benzene ring substituents is 1. The molecule has 1 saturated heterocycles. The van der Waals surface area contributed by atoms with Crippen LogP contribution in [0, 0.1) is 45.6 Å². The standard InChI is InChI=1S/C17H13BrN2O4/c18-12-5-7(20(23)24)1-4-13(12)19-16(21)14-8-2-3-9(11-6-10(8)11)15(14)17(19)22/h1-5,8-11,14-15H,6H2/t8-,9-,10-,11+,14+,15+/m0/s1. The Morgan fingerprint density at radius 3 is 2.17 bits per heavy atom. The number of rotatable bonds is 2. The van der Waals surface area contributed by atoms with Gasteiger partial charge in [0.05, 0.1) is 22.4 Å². The molecule has 1 aliphatic heterocycles. The number of benzene rings is 1. The van der Waals surface area contributed by atoms with E-state index in [4.69, 9.17) is 0 Å². The van der Waals surface area contributed by atoms with Crippen molar-refractivity contribution in [3.05, 3.63) is 44.9 Å². The largest absolute Gasteiger partial charge is 0.274 e. The second-order valence-corrected chi connectivity index (χ2v) is 7.91. The zero-order valence-electron chi connectivity index (χ0n) is 12.5. The van der Waals surface area contributed by atoms with Gasteiger partial charge in [0.2, 0.25) is 11.8 Å². The highest BCUT2D eigenvalue weighted by atomic mass is 79.9. The summed E-state index contributed by atoms with van der Waals surface area (Å²) in [5.74, 6) is 0.591. The molecule has 0 N–H and O–H groups in total. The van der Waals surface area contributed by atoms with E-state index in [1.165, 1.54) is 23.1 Å². The molecule has 6 atom stereocenters. The molecule has 6 nitrogen and oxygen atoms in total.